The van der Waals surface area contributed by atoms with E-state index in [4.69, 9.17) is 5.11 Å². The Hall–Kier alpha value is -1.43. The first-order valence-corrected chi connectivity index (χ1v) is 4.82. The molecule has 0 saturated carbocycles. The van der Waals surface area contributed by atoms with E-state index < -0.39 is 18.0 Å². The Balaban J connectivity index is 2.98. The standard InChI is InChI=1S/C9H8BrNO4/c1-5(12)15-8(9(13)14)6-3-2-4-7(10)11-6/h2-4,8H,1H3,(H,13,14). The van der Waals surface area contributed by atoms with Gasteiger partial charge in [0.2, 0.25) is 6.10 Å². The number of carbonyl (C=O) groups is 2. The minimum atomic E-state index is -1.36. The fourth-order valence-corrected chi connectivity index (χ4v) is 1.33. The first kappa shape index (κ1) is 11.6. The maximum Gasteiger partial charge on any atom is 0.351 e. The van der Waals surface area contributed by atoms with Crippen molar-refractivity contribution in [3.8, 4) is 0 Å². The van der Waals surface area contributed by atoms with Gasteiger partial charge in [-0.1, -0.05) is 6.07 Å². The molecule has 1 aromatic heterocycles. The third-order valence-corrected chi connectivity index (χ3v) is 1.96. The Morgan fingerprint density at radius 3 is 2.67 bits per heavy atom. The number of rotatable bonds is 3. The van der Waals surface area contributed by atoms with E-state index in [1.807, 2.05) is 0 Å². The van der Waals surface area contributed by atoms with E-state index in [1.54, 1.807) is 12.1 Å². The van der Waals surface area contributed by atoms with Crippen LogP contribution in [0.4, 0.5) is 0 Å². The lowest BCUT2D eigenvalue weighted by molar-refractivity contribution is -0.163. The molecule has 80 valence electrons. The number of aliphatic carboxylic acids is 1. The predicted octanol–water partition coefficient (Wildman–Crippen LogP) is 1.53. The summed E-state index contributed by atoms with van der Waals surface area (Å²) in [6.45, 7) is 1.15. The number of halogens is 1. The fourth-order valence-electron chi connectivity index (χ4n) is 0.973. The molecule has 0 spiro atoms. The van der Waals surface area contributed by atoms with Crippen LogP contribution in [0.25, 0.3) is 0 Å². The zero-order valence-electron chi connectivity index (χ0n) is 7.81. The van der Waals surface area contributed by atoms with Crippen molar-refractivity contribution in [2.24, 2.45) is 0 Å². The zero-order chi connectivity index (χ0) is 11.4. The van der Waals surface area contributed by atoms with E-state index in [0.717, 1.165) is 6.92 Å². The first-order valence-electron chi connectivity index (χ1n) is 4.03. The van der Waals surface area contributed by atoms with Gasteiger partial charge in [-0.25, -0.2) is 9.78 Å². The molecule has 1 heterocycles. The molecular formula is C9H8BrNO4. The molecule has 1 atom stereocenters. The highest BCUT2D eigenvalue weighted by Crippen LogP contribution is 2.17. The van der Waals surface area contributed by atoms with E-state index in [-0.39, 0.29) is 5.69 Å². The molecular weight excluding hydrogens is 266 g/mol. The molecule has 0 aliphatic rings. The molecule has 6 heteroatoms. The Bertz CT molecular complexity index is 393. The predicted molar refractivity (Wildman–Crippen MR) is 54.1 cm³/mol. The third-order valence-electron chi connectivity index (χ3n) is 1.51. The molecule has 15 heavy (non-hydrogen) atoms. The van der Waals surface area contributed by atoms with Gasteiger partial charge in [0.25, 0.3) is 0 Å². The number of aromatic nitrogens is 1. The van der Waals surface area contributed by atoms with Gasteiger partial charge in [0.15, 0.2) is 0 Å². The number of pyridine rings is 1. The molecule has 0 aliphatic carbocycles. The summed E-state index contributed by atoms with van der Waals surface area (Å²) in [5.41, 5.74) is 0.173. The molecule has 5 nitrogen and oxygen atoms in total. The van der Waals surface area contributed by atoms with E-state index in [0.29, 0.717) is 4.60 Å². The maximum absolute atomic E-state index is 10.8. The van der Waals surface area contributed by atoms with Crippen LogP contribution in [0.1, 0.15) is 18.7 Å². The van der Waals surface area contributed by atoms with Crippen molar-refractivity contribution in [2.45, 2.75) is 13.0 Å². The summed E-state index contributed by atoms with van der Waals surface area (Å²) in [5, 5.41) is 8.83. The van der Waals surface area contributed by atoms with Gasteiger partial charge in [-0.2, -0.15) is 0 Å². The summed E-state index contributed by atoms with van der Waals surface area (Å²) < 4.78 is 5.12. The van der Waals surface area contributed by atoms with Gasteiger partial charge in [0.05, 0.1) is 5.69 Å². The quantitative estimate of drug-likeness (QED) is 0.668. The van der Waals surface area contributed by atoms with Gasteiger partial charge in [-0.15, -0.1) is 0 Å². The van der Waals surface area contributed by atoms with Gasteiger partial charge in [0.1, 0.15) is 4.60 Å². The molecule has 1 unspecified atom stereocenters. The Kier molecular flexibility index (Phi) is 3.79. The van der Waals surface area contributed by atoms with E-state index in [1.165, 1.54) is 6.07 Å². The Morgan fingerprint density at radius 2 is 2.20 bits per heavy atom. The summed E-state index contributed by atoms with van der Waals surface area (Å²) in [6, 6.07) is 4.74. The highest BCUT2D eigenvalue weighted by atomic mass is 79.9. The largest absolute Gasteiger partial charge is 0.478 e. The lowest BCUT2D eigenvalue weighted by atomic mass is 10.2. The summed E-state index contributed by atoms with van der Waals surface area (Å²) in [7, 11) is 0. The highest BCUT2D eigenvalue weighted by Gasteiger charge is 2.24. The van der Waals surface area contributed by atoms with Crippen LogP contribution in [-0.4, -0.2) is 22.0 Å². The number of carbonyl (C=O) groups excluding carboxylic acids is 1. The molecule has 0 aliphatic heterocycles. The summed E-state index contributed by atoms with van der Waals surface area (Å²) >= 11 is 3.10. The number of esters is 1. The Labute approximate surface area is 94.2 Å². The molecule has 1 N–H and O–H groups in total. The van der Waals surface area contributed by atoms with E-state index in [9.17, 15) is 9.59 Å². The number of hydrogen-bond acceptors (Lipinski definition) is 4. The molecule has 0 aromatic carbocycles. The van der Waals surface area contributed by atoms with E-state index >= 15 is 0 Å². The summed E-state index contributed by atoms with van der Waals surface area (Å²) in [4.78, 5) is 25.4. The minimum Gasteiger partial charge on any atom is -0.478 e. The second-order valence-electron chi connectivity index (χ2n) is 2.71. The number of hydrogen-bond donors (Lipinski definition) is 1. The van der Waals surface area contributed by atoms with Crippen molar-refractivity contribution in [3.05, 3.63) is 28.5 Å². The fraction of sp³-hybridized carbons (Fsp3) is 0.222. The summed E-state index contributed by atoms with van der Waals surface area (Å²) in [5.74, 6) is -1.92. The normalized spacial score (nSPS) is 11.9. The molecule has 1 rings (SSSR count). The number of carboxylic acid groups (broad SMARTS) is 1. The van der Waals surface area contributed by atoms with Crippen LogP contribution >= 0.6 is 15.9 Å². The molecule has 0 radical (unpaired) electrons. The van der Waals surface area contributed by atoms with Crippen molar-refractivity contribution in [1.82, 2.24) is 4.98 Å². The third kappa shape index (κ3) is 3.32. The number of carboxylic acids is 1. The van der Waals surface area contributed by atoms with Crippen LogP contribution < -0.4 is 0 Å². The number of ether oxygens (including phenoxy) is 1. The second-order valence-corrected chi connectivity index (χ2v) is 3.53. The Morgan fingerprint density at radius 1 is 1.53 bits per heavy atom. The smallest absolute Gasteiger partial charge is 0.351 e. The van der Waals surface area contributed by atoms with Gasteiger partial charge >= 0.3 is 11.9 Å². The average molecular weight is 274 g/mol. The van der Waals surface area contributed by atoms with Crippen LogP contribution in [0.5, 0.6) is 0 Å². The monoisotopic (exact) mass is 273 g/mol. The maximum atomic E-state index is 10.8. The van der Waals surface area contributed by atoms with Crippen molar-refractivity contribution in [3.63, 3.8) is 0 Å². The molecule has 0 amide bonds. The second kappa shape index (κ2) is 4.88. The SMILES string of the molecule is CC(=O)OC(C(=O)O)c1cccc(Br)n1. The highest BCUT2D eigenvalue weighted by molar-refractivity contribution is 9.10. The molecule has 0 fully saturated rings. The van der Waals surface area contributed by atoms with Crippen molar-refractivity contribution in [2.75, 3.05) is 0 Å². The van der Waals surface area contributed by atoms with Gasteiger partial charge in [0, 0.05) is 6.92 Å². The van der Waals surface area contributed by atoms with Crippen LogP contribution in [0.3, 0.4) is 0 Å². The van der Waals surface area contributed by atoms with E-state index in [2.05, 4.69) is 25.7 Å². The van der Waals surface area contributed by atoms with Crippen molar-refractivity contribution < 1.29 is 19.4 Å². The zero-order valence-corrected chi connectivity index (χ0v) is 9.39. The lowest BCUT2D eigenvalue weighted by Gasteiger charge is -2.11. The topological polar surface area (TPSA) is 76.5 Å². The number of nitrogens with zero attached hydrogens (tertiary/aromatic N) is 1. The molecule has 1 aromatic rings. The van der Waals surface area contributed by atoms with Crippen LogP contribution in [0.15, 0.2) is 22.8 Å². The lowest BCUT2D eigenvalue weighted by Crippen LogP contribution is -2.19. The van der Waals surface area contributed by atoms with Crippen LogP contribution in [-0.2, 0) is 14.3 Å². The van der Waals surface area contributed by atoms with Gasteiger partial charge in [-0.3, -0.25) is 4.79 Å². The van der Waals surface area contributed by atoms with Gasteiger partial charge < -0.3 is 9.84 Å². The molecule has 0 saturated heterocycles. The van der Waals surface area contributed by atoms with Crippen molar-refractivity contribution >= 4 is 27.9 Å². The molecule has 0 bridgehead atoms. The average Bonchev–Trinajstić information content (AvgIpc) is 2.13. The van der Waals surface area contributed by atoms with Crippen LogP contribution in [0.2, 0.25) is 0 Å². The van der Waals surface area contributed by atoms with Gasteiger partial charge in [-0.05, 0) is 28.1 Å². The minimum absolute atomic E-state index is 0.173. The van der Waals surface area contributed by atoms with Crippen LogP contribution in [0, 0.1) is 0 Å². The first-order chi connectivity index (χ1) is 7.00. The van der Waals surface area contributed by atoms with Crippen molar-refractivity contribution in [1.29, 1.82) is 0 Å². The summed E-state index contributed by atoms with van der Waals surface area (Å²) in [6.07, 6.45) is -1.36.